The van der Waals surface area contributed by atoms with E-state index in [0.29, 0.717) is 5.56 Å². The first-order valence-corrected chi connectivity index (χ1v) is 10.0. The van der Waals surface area contributed by atoms with Crippen LogP contribution in [0.15, 0.2) is 39.9 Å². The topological polar surface area (TPSA) is 119 Å². The fourth-order valence-electron chi connectivity index (χ4n) is 2.35. The minimum absolute atomic E-state index is 0.0500. The van der Waals surface area contributed by atoms with Crippen molar-refractivity contribution >= 4 is 33.2 Å². The number of benzene rings is 1. The number of nitrogens with zero attached hydrogens (tertiary/aromatic N) is 2. The lowest BCUT2D eigenvalue weighted by Gasteiger charge is -2.33. The summed E-state index contributed by atoms with van der Waals surface area (Å²) in [6.07, 6.45) is 0. The third-order valence-corrected chi connectivity index (χ3v) is 6.43. The molecule has 0 radical (unpaired) electrons. The molecule has 1 aliphatic heterocycles. The smallest absolute Gasteiger partial charge is 0.267 e. The first kappa shape index (κ1) is 19.0. The van der Waals surface area contributed by atoms with Gasteiger partial charge in [-0.15, -0.1) is 0 Å². The lowest BCUT2D eigenvalue weighted by Crippen LogP contribution is -2.49. The summed E-state index contributed by atoms with van der Waals surface area (Å²) in [5.41, 5.74) is 3.98. The van der Waals surface area contributed by atoms with E-state index >= 15 is 0 Å². The predicted octanol–water partition coefficient (Wildman–Crippen LogP) is 1.11. The molecule has 2 heterocycles. The lowest BCUT2D eigenvalue weighted by molar-refractivity contribution is 0.0844. The van der Waals surface area contributed by atoms with Crippen molar-refractivity contribution in [2.75, 3.05) is 13.1 Å². The highest BCUT2D eigenvalue weighted by Gasteiger charge is 2.37. The molecule has 1 aliphatic rings. The lowest BCUT2D eigenvalue weighted by atomic mass is 10.1. The molecular weight excluding hydrogens is 395 g/mol. The van der Waals surface area contributed by atoms with Gasteiger partial charge in [-0.2, -0.15) is 20.9 Å². The Bertz CT molecular complexity index is 1030. The largest absolute Gasteiger partial charge is 0.272 e. The van der Waals surface area contributed by atoms with Crippen LogP contribution >= 0.6 is 11.3 Å². The van der Waals surface area contributed by atoms with Gasteiger partial charge in [0.2, 0.25) is 10.0 Å². The Morgan fingerprint density at radius 1 is 1.22 bits per heavy atom. The number of amides is 2. The van der Waals surface area contributed by atoms with Gasteiger partial charge in [0.15, 0.2) is 0 Å². The molecule has 27 heavy (non-hydrogen) atoms. The Hall–Kier alpha value is -2.81. The fourth-order valence-corrected chi connectivity index (χ4v) is 4.54. The molecule has 1 aromatic carbocycles. The average molecular weight is 408 g/mol. The molecule has 11 heteroatoms. The third kappa shape index (κ3) is 3.82. The van der Waals surface area contributed by atoms with Gasteiger partial charge in [-0.05, 0) is 29.6 Å². The Morgan fingerprint density at radius 2 is 1.93 bits per heavy atom. The van der Waals surface area contributed by atoms with Gasteiger partial charge in [-0.3, -0.25) is 20.4 Å². The second-order valence-corrected chi connectivity index (χ2v) is 8.43. The number of carbonyl (C=O) groups excluding carboxylic acids is 2. The molecule has 0 bridgehead atoms. The van der Waals surface area contributed by atoms with E-state index in [-0.39, 0.29) is 23.9 Å². The minimum Gasteiger partial charge on any atom is -0.267 e. The van der Waals surface area contributed by atoms with Crippen LogP contribution in [0.2, 0.25) is 0 Å². The van der Waals surface area contributed by atoms with E-state index in [0.717, 1.165) is 22.5 Å². The van der Waals surface area contributed by atoms with Crippen LogP contribution in [-0.2, 0) is 10.0 Å². The summed E-state index contributed by atoms with van der Waals surface area (Å²) < 4.78 is 40.0. The van der Waals surface area contributed by atoms with Crippen LogP contribution in [0.25, 0.3) is 0 Å². The Balaban J connectivity index is 1.74. The molecule has 3 rings (SSSR count). The highest BCUT2D eigenvalue weighted by molar-refractivity contribution is 7.89. The van der Waals surface area contributed by atoms with Gasteiger partial charge in [-0.1, -0.05) is 0 Å². The summed E-state index contributed by atoms with van der Waals surface area (Å²) in [7, 11) is -3.94. The van der Waals surface area contributed by atoms with Crippen molar-refractivity contribution in [3.8, 4) is 6.07 Å². The zero-order valence-electron chi connectivity index (χ0n) is 13.7. The summed E-state index contributed by atoms with van der Waals surface area (Å²) in [5, 5.41) is 12.0. The average Bonchev–Trinajstić information content (AvgIpc) is 3.13. The van der Waals surface area contributed by atoms with Crippen LogP contribution in [0.5, 0.6) is 0 Å². The van der Waals surface area contributed by atoms with Crippen LogP contribution in [0.4, 0.5) is 4.39 Å². The molecule has 2 aromatic rings. The highest BCUT2D eigenvalue weighted by atomic mass is 32.2. The molecule has 8 nitrogen and oxygen atoms in total. The zero-order valence-corrected chi connectivity index (χ0v) is 15.3. The SMILES string of the molecule is N#CC1CN(S(=O)(=O)c2ccc(F)c(C(=O)NNC(=O)c3ccsc3)c2)C1. The standard InChI is InChI=1S/C16H13FN4O4S2/c17-14-2-1-12(27(24,25)21-7-10(6-18)8-21)5-13(14)16(23)20-19-15(22)11-3-4-26-9-11/h1-5,9-10H,7-8H2,(H,19,22)(H,20,23). The molecule has 2 amide bonds. The van der Waals surface area contributed by atoms with Crippen LogP contribution < -0.4 is 10.9 Å². The number of hydrogen-bond donors (Lipinski definition) is 2. The first-order valence-electron chi connectivity index (χ1n) is 7.65. The molecule has 1 fully saturated rings. The van der Waals surface area contributed by atoms with E-state index in [1.807, 2.05) is 6.07 Å². The quantitative estimate of drug-likeness (QED) is 0.735. The van der Waals surface area contributed by atoms with Gasteiger partial charge in [0.1, 0.15) is 5.82 Å². The van der Waals surface area contributed by atoms with Crippen molar-refractivity contribution < 1.29 is 22.4 Å². The van der Waals surface area contributed by atoms with E-state index in [2.05, 4.69) is 10.9 Å². The predicted molar refractivity (Wildman–Crippen MR) is 93.5 cm³/mol. The van der Waals surface area contributed by atoms with Gasteiger partial charge in [0.25, 0.3) is 11.8 Å². The molecule has 1 saturated heterocycles. The zero-order chi connectivity index (χ0) is 19.6. The van der Waals surface area contributed by atoms with Crippen molar-refractivity contribution in [1.82, 2.24) is 15.2 Å². The number of hydrogen-bond acceptors (Lipinski definition) is 6. The Labute approximate surface area is 158 Å². The van der Waals surface area contributed by atoms with Crippen LogP contribution in [0.1, 0.15) is 20.7 Å². The summed E-state index contributed by atoms with van der Waals surface area (Å²) >= 11 is 1.29. The summed E-state index contributed by atoms with van der Waals surface area (Å²) in [5.74, 6) is -2.89. The van der Waals surface area contributed by atoms with Crippen LogP contribution in [-0.4, -0.2) is 37.6 Å². The number of nitriles is 1. The summed E-state index contributed by atoms with van der Waals surface area (Å²) in [6, 6.07) is 6.32. The Kier molecular flexibility index (Phi) is 5.22. The van der Waals surface area contributed by atoms with Gasteiger partial charge >= 0.3 is 0 Å². The van der Waals surface area contributed by atoms with E-state index in [1.54, 1.807) is 16.8 Å². The van der Waals surface area contributed by atoms with Gasteiger partial charge in [-0.25, -0.2) is 12.8 Å². The van der Waals surface area contributed by atoms with Crippen molar-refractivity contribution in [3.63, 3.8) is 0 Å². The molecule has 140 valence electrons. The van der Waals surface area contributed by atoms with Crippen molar-refractivity contribution in [2.24, 2.45) is 5.92 Å². The van der Waals surface area contributed by atoms with Crippen molar-refractivity contribution in [3.05, 3.63) is 52.0 Å². The van der Waals surface area contributed by atoms with E-state index in [1.165, 1.54) is 11.3 Å². The van der Waals surface area contributed by atoms with Crippen LogP contribution in [0, 0.1) is 23.1 Å². The molecular formula is C16H13FN4O4S2. The number of rotatable bonds is 4. The van der Waals surface area contributed by atoms with E-state index in [4.69, 9.17) is 5.26 Å². The number of nitrogens with one attached hydrogen (secondary N) is 2. The van der Waals surface area contributed by atoms with Crippen molar-refractivity contribution in [1.29, 1.82) is 5.26 Å². The maximum Gasteiger partial charge on any atom is 0.272 e. The molecule has 0 spiro atoms. The number of sulfonamides is 1. The van der Waals surface area contributed by atoms with E-state index < -0.39 is 33.2 Å². The molecule has 0 saturated carbocycles. The maximum atomic E-state index is 14.0. The molecule has 0 unspecified atom stereocenters. The van der Waals surface area contributed by atoms with Gasteiger partial charge in [0.05, 0.1) is 28.0 Å². The van der Waals surface area contributed by atoms with Crippen molar-refractivity contribution in [2.45, 2.75) is 4.90 Å². The molecule has 0 atom stereocenters. The number of halogens is 1. The molecule has 0 aliphatic carbocycles. The number of carbonyl (C=O) groups is 2. The summed E-state index contributed by atoms with van der Waals surface area (Å²) in [6.45, 7) is 0.100. The third-order valence-electron chi connectivity index (χ3n) is 3.92. The number of hydrazine groups is 1. The second-order valence-electron chi connectivity index (χ2n) is 5.71. The Morgan fingerprint density at radius 3 is 2.56 bits per heavy atom. The monoisotopic (exact) mass is 408 g/mol. The highest BCUT2D eigenvalue weighted by Crippen LogP contribution is 2.26. The molecule has 2 N–H and O–H groups in total. The van der Waals surface area contributed by atoms with Gasteiger partial charge < -0.3 is 0 Å². The van der Waals surface area contributed by atoms with Gasteiger partial charge in [0, 0.05) is 18.5 Å². The molecule has 1 aromatic heterocycles. The maximum absolute atomic E-state index is 14.0. The normalized spacial score (nSPS) is 14.8. The van der Waals surface area contributed by atoms with Crippen LogP contribution in [0.3, 0.4) is 0 Å². The first-order chi connectivity index (χ1) is 12.8. The fraction of sp³-hybridized carbons (Fsp3) is 0.188. The second kappa shape index (κ2) is 7.43. The number of thiophene rings is 1. The summed E-state index contributed by atoms with van der Waals surface area (Å²) in [4.78, 5) is 23.7. The van der Waals surface area contributed by atoms with E-state index in [9.17, 15) is 22.4 Å². The minimum atomic E-state index is -3.94.